The van der Waals surface area contributed by atoms with E-state index in [1.165, 1.54) is 4.70 Å². The number of nitrogens with zero attached hydrogens (tertiary/aromatic N) is 2. The lowest BCUT2D eigenvalue weighted by molar-refractivity contribution is 0.0888. The second kappa shape index (κ2) is 11.1. The number of para-hydroxylation sites is 1. The first kappa shape index (κ1) is 19.9. The summed E-state index contributed by atoms with van der Waals surface area (Å²) in [7, 11) is 1.78. The van der Waals surface area contributed by atoms with Crippen LogP contribution in [0, 0.1) is 5.92 Å². The fourth-order valence-electron chi connectivity index (χ4n) is 2.86. The Bertz CT molecular complexity index is 682. The van der Waals surface area contributed by atoms with Crippen molar-refractivity contribution in [2.75, 3.05) is 58.4 Å². The Labute approximate surface area is 164 Å². The van der Waals surface area contributed by atoms with Gasteiger partial charge in [0.15, 0.2) is 11.1 Å². The molecule has 1 aromatic heterocycles. The van der Waals surface area contributed by atoms with E-state index in [1.54, 1.807) is 18.4 Å². The molecule has 1 aliphatic rings. The van der Waals surface area contributed by atoms with Crippen molar-refractivity contribution in [2.45, 2.75) is 12.8 Å². The quantitative estimate of drug-likeness (QED) is 0.328. The van der Waals surface area contributed by atoms with Gasteiger partial charge in [-0.2, -0.15) is 0 Å². The molecule has 0 amide bonds. The van der Waals surface area contributed by atoms with Crippen LogP contribution in [-0.4, -0.2) is 64.1 Å². The molecule has 2 aromatic rings. The number of guanidine groups is 1. The number of aromatic nitrogens is 1. The molecule has 0 aliphatic carbocycles. The second-order valence-electron chi connectivity index (χ2n) is 6.50. The molecule has 1 fully saturated rings. The highest BCUT2D eigenvalue weighted by molar-refractivity contribution is 7.22. The van der Waals surface area contributed by atoms with Crippen LogP contribution < -0.4 is 16.0 Å². The first-order valence-corrected chi connectivity index (χ1v) is 10.4. The van der Waals surface area contributed by atoms with Crippen LogP contribution in [0.5, 0.6) is 0 Å². The van der Waals surface area contributed by atoms with Crippen molar-refractivity contribution in [3.63, 3.8) is 0 Å². The minimum Gasteiger partial charge on any atom is -0.381 e. The van der Waals surface area contributed by atoms with E-state index < -0.39 is 0 Å². The van der Waals surface area contributed by atoms with Gasteiger partial charge >= 0.3 is 0 Å². The van der Waals surface area contributed by atoms with Gasteiger partial charge in [0.25, 0.3) is 0 Å². The average molecular weight is 392 g/mol. The zero-order valence-corrected chi connectivity index (χ0v) is 16.7. The summed E-state index contributed by atoms with van der Waals surface area (Å²) in [5.41, 5.74) is 1.04. The summed E-state index contributed by atoms with van der Waals surface area (Å²) in [6.07, 6.45) is 2.08. The summed E-state index contributed by atoms with van der Waals surface area (Å²) in [4.78, 5) is 8.81. The Morgan fingerprint density at radius 2 is 2.19 bits per heavy atom. The first-order valence-electron chi connectivity index (χ1n) is 9.54. The van der Waals surface area contributed by atoms with Gasteiger partial charge in [-0.25, -0.2) is 4.98 Å². The van der Waals surface area contributed by atoms with E-state index in [1.807, 2.05) is 18.2 Å². The Morgan fingerprint density at radius 3 is 3.00 bits per heavy atom. The van der Waals surface area contributed by atoms with Crippen molar-refractivity contribution in [1.82, 2.24) is 15.6 Å². The zero-order chi connectivity index (χ0) is 18.7. The maximum absolute atomic E-state index is 5.71. The third-order valence-corrected chi connectivity index (χ3v) is 5.34. The van der Waals surface area contributed by atoms with Gasteiger partial charge < -0.3 is 25.4 Å². The van der Waals surface area contributed by atoms with Gasteiger partial charge in [0.1, 0.15) is 0 Å². The Kier molecular flexibility index (Phi) is 8.13. The van der Waals surface area contributed by atoms with Gasteiger partial charge in [-0.1, -0.05) is 23.5 Å². The lowest BCUT2D eigenvalue weighted by atomic mass is 10.1. The summed E-state index contributed by atoms with van der Waals surface area (Å²) in [6, 6.07) is 8.17. The van der Waals surface area contributed by atoms with Crippen LogP contribution in [0.4, 0.5) is 5.13 Å². The van der Waals surface area contributed by atoms with Crippen LogP contribution in [0.2, 0.25) is 0 Å². The van der Waals surface area contributed by atoms with E-state index >= 15 is 0 Å². The molecule has 1 aromatic carbocycles. The molecule has 0 saturated carbocycles. The molecule has 3 rings (SSSR count). The van der Waals surface area contributed by atoms with Gasteiger partial charge in [-0.15, -0.1) is 0 Å². The number of ether oxygens (including phenoxy) is 2. The van der Waals surface area contributed by atoms with Crippen molar-refractivity contribution in [2.24, 2.45) is 10.9 Å². The molecule has 0 bridgehead atoms. The largest absolute Gasteiger partial charge is 0.381 e. The number of thiazole rings is 1. The van der Waals surface area contributed by atoms with E-state index in [0.717, 1.165) is 75.5 Å². The average Bonchev–Trinajstić information content (AvgIpc) is 3.35. The van der Waals surface area contributed by atoms with Crippen molar-refractivity contribution in [3.05, 3.63) is 24.3 Å². The Balaban J connectivity index is 1.23. The predicted molar refractivity (Wildman–Crippen MR) is 112 cm³/mol. The van der Waals surface area contributed by atoms with Gasteiger partial charge in [-0.3, -0.25) is 4.99 Å². The van der Waals surface area contributed by atoms with E-state index in [9.17, 15) is 0 Å². The molecule has 1 aliphatic heterocycles. The predicted octanol–water partition coefficient (Wildman–Crippen LogP) is 2.32. The highest BCUT2D eigenvalue weighted by Crippen LogP contribution is 2.24. The number of benzene rings is 1. The summed E-state index contributed by atoms with van der Waals surface area (Å²) < 4.78 is 12.3. The SMILES string of the molecule is CN=C(NCCCOCC1CCOC1)NCCNc1nc2ccccc2s1. The molecular formula is C19H29N5O2S. The number of hydrogen-bond donors (Lipinski definition) is 3. The molecule has 0 radical (unpaired) electrons. The van der Waals surface area contributed by atoms with Crippen LogP contribution in [0.15, 0.2) is 29.3 Å². The Hall–Kier alpha value is -1.90. The van der Waals surface area contributed by atoms with E-state index in [4.69, 9.17) is 9.47 Å². The van der Waals surface area contributed by atoms with Crippen LogP contribution in [0.25, 0.3) is 10.2 Å². The van der Waals surface area contributed by atoms with Crippen LogP contribution in [0.3, 0.4) is 0 Å². The lowest BCUT2D eigenvalue weighted by Gasteiger charge is -2.12. The third kappa shape index (κ3) is 6.64. The summed E-state index contributed by atoms with van der Waals surface area (Å²) in [5.74, 6) is 1.39. The number of nitrogens with one attached hydrogen (secondary N) is 3. The van der Waals surface area contributed by atoms with E-state index in [-0.39, 0.29) is 0 Å². The standard InChI is InChI=1S/C19H29N5O2S/c1-20-18(21-8-4-11-25-13-15-7-12-26-14-15)22-9-10-23-19-24-16-5-2-3-6-17(16)27-19/h2-3,5-6,15H,4,7-14H2,1H3,(H,23,24)(H2,20,21,22). The first-order chi connectivity index (χ1) is 13.3. The number of aliphatic imine (C=N–C) groups is 1. The summed E-state index contributed by atoms with van der Waals surface area (Å²) in [5, 5.41) is 10.9. The lowest BCUT2D eigenvalue weighted by Crippen LogP contribution is -2.40. The van der Waals surface area contributed by atoms with Gasteiger partial charge in [0, 0.05) is 45.8 Å². The van der Waals surface area contributed by atoms with Gasteiger partial charge in [0.05, 0.1) is 23.4 Å². The van der Waals surface area contributed by atoms with E-state index in [2.05, 4.69) is 32.0 Å². The smallest absolute Gasteiger partial charge is 0.191 e. The van der Waals surface area contributed by atoms with Crippen LogP contribution in [0.1, 0.15) is 12.8 Å². The minimum absolute atomic E-state index is 0.579. The number of rotatable bonds is 10. The molecule has 1 unspecified atom stereocenters. The number of fused-ring (bicyclic) bond motifs is 1. The highest BCUT2D eigenvalue weighted by atomic mass is 32.1. The minimum atomic E-state index is 0.579. The van der Waals surface area contributed by atoms with Crippen molar-refractivity contribution in [3.8, 4) is 0 Å². The molecule has 27 heavy (non-hydrogen) atoms. The van der Waals surface area contributed by atoms with Crippen molar-refractivity contribution < 1.29 is 9.47 Å². The fraction of sp³-hybridized carbons (Fsp3) is 0.579. The molecule has 3 N–H and O–H groups in total. The molecule has 148 valence electrons. The molecular weight excluding hydrogens is 362 g/mol. The van der Waals surface area contributed by atoms with Crippen LogP contribution in [-0.2, 0) is 9.47 Å². The molecule has 2 heterocycles. The monoisotopic (exact) mass is 391 g/mol. The van der Waals surface area contributed by atoms with E-state index in [0.29, 0.717) is 5.92 Å². The molecule has 7 nitrogen and oxygen atoms in total. The molecule has 1 saturated heterocycles. The normalized spacial score (nSPS) is 17.4. The zero-order valence-electron chi connectivity index (χ0n) is 15.9. The molecule has 1 atom stereocenters. The maximum Gasteiger partial charge on any atom is 0.191 e. The molecule has 0 spiro atoms. The Morgan fingerprint density at radius 1 is 1.30 bits per heavy atom. The highest BCUT2D eigenvalue weighted by Gasteiger charge is 2.15. The topological polar surface area (TPSA) is 79.8 Å². The number of anilines is 1. The number of hydrogen-bond acceptors (Lipinski definition) is 6. The van der Waals surface area contributed by atoms with Gasteiger partial charge in [0.2, 0.25) is 0 Å². The third-order valence-electron chi connectivity index (χ3n) is 4.35. The van der Waals surface area contributed by atoms with Gasteiger partial charge in [-0.05, 0) is 25.0 Å². The van der Waals surface area contributed by atoms with Crippen LogP contribution >= 0.6 is 11.3 Å². The van der Waals surface area contributed by atoms with Crippen molar-refractivity contribution >= 4 is 32.6 Å². The fourth-order valence-corrected chi connectivity index (χ4v) is 3.76. The molecule has 8 heteroatoms. The maximum atomic E-state index is 5.71. The second-order valence-corrected chi connectivity index (χ2v) is 7.53. The van der Waals surface area contributed by atoms with Crippen molar-refractivity contribution in [1.29, 1.82) is 0 Å². The summed E-state index contributed by atoms with van der Waals surface area (Å²) >= 11 is 1.67. The summed E-state index contributed by atoms with van der Waals surface area (Å²) in [6.45, 7) is 5.70.